The molecule has 0 bridgehead atoms. The third-order valence-electron chi connectivity index (χ3n) is 3.00. The van der Waals surface area contributed by atoms with Crippen molar-refractivity contribution in [2.75, 3.05) is 0 Å². The van der Waals surface area contributed by atoms with Crippen molar-refractivity contribution in [3.05, 3.63) is 63.2 Å². The minimum Gasteiger partial charge on any atom is -0.345 e. The third-order valence-corrected chi connectivity index (χ3v) is 3.99. The second-order valence-electron chi connectivity index (χ2n) is 4.47. The van der Waals surface area contributed by atoms with Crippen LogP contribution in [0.25, 0.3) is 11.3 Å². The minimum absolute atomic E-state index is 0.746. The fraction of sp³-hybridized carbons (Fsp3) is 0.133. The molecule has 1 N–H and O–H groups in total. The minimum atomic E-state index is 0.746. The summed E-state index contributed by atoms with van der Waals surface area (Å²) in [6.45, 7) is 2.05. The van der Waals surface area contributed by atoms with Crippen molar-refractivity contribution < 1.29 is 0 Å². The molecular weight excluding hydrogens is 276 g/mol. The second-order valence-corrected chi connectivity index (χ2v) is 5.69. The highest BCUT2D eigenvalue weighted by Gasteiger charge is 2.09. The number of H-pyrrole nitrogens is 1. The van der Waals surface area contributed by atoms with Crippen LogP contribution in [0.2, 0.25) is 5.02 Å². The lowest BCUT2D eigenvalue weighted by atomic mass is 10.1. The van der Waals surface area contributed by atoms with Gasteiger partial charge in [0.25, 0.3) is 0 Å². The molecule has 0 fully saturated rings. The Hall–Kier alpha value is -1.58. The first kappa shape index (κ1) is 12.5. The average Bonchev–Trinajstić information content (AvgIpc) is 3.01. The van der Waals surface area contributed by atoms with Crippen LogP contribution in [0, 0.1) is 6.92 Å². The van der Waals surface area contributed by atoms with Gasteiger partial charge in [-0.05, 0) is 41.4 Å². The lowest BCUT2D eigenvalue weighted by molar-refractivity contribution is 1.02. The molecule has 0 aliphatic heterocycles. The van der Waals surface area contributed by atoms with Crippen LogP contribution in [-0.2, 0) is 6.42 Å². The Kier molecular flexibility index (Phi) is 3.40. The molecule has 2 heterocycles. The molecule has 0 saturated heterocycles. The van der Waals surface area contributed by atoms with Crippen molar-refractivity contribution in [3.63, 3.8) is 0 Å². The summed E-state index contributed by atoms with van der Waals surface area (Å²) in [5.74, 6) is 1.00. The monoisotopic (exact) mass is 288 g/mol. The fourth-order valence-corrected chi connectivity index (χ4v) is 2.88. The van der Waals surface area contributed by atoms with Crippen molar-refractivity contribution >= 4 is 22.9 Å². The summed E-state index contributed by atoms with van der Waals surface area (Å²) in [4.78, 5) is 8.05. The summed E-state index contributed by atoms with van der Waals surface area (Å²) >= 11 is 7.62. The van der Waals surface area contributed by atoms with Crippen molar-refractivity contribution in [2.24, 2.45) is 0 Å². The Morgan fingerprint density at radius 2 is 2.00 bits per heavy atom. The van der Waals surface area contributed by atoms with E-state index in [9.17, 15) is 0 Å². The summed E-state index contributed by atoms with van der Waals surface area (Å²) in [7, 11) is 0. The molecule has 0 radical (unpaired) electrons. The van der Waals surface area contributed by atoms with Crippen molar-refractivity contribution in [3.8, 4) is 11.3 Å². The van der Waals surface area contributed by atoms with Crippen LogP contribution in [0.15, 0.2) is 41.1 Å². The van der Waals surface area contributed by atoms with Crippen LogP contribution in [0.5, 0.6) is 0 Å². The highest BCUT2D eigenvalue weighted by Crippen LogP contribution is 2.24. The Balaban J connectivity index is 1.91. The fourth-order valence-electron chi connectivity index (χ4n) is 2.08. The number of nitrogens with zero attached hydrogens (tertiary/aromatic N) is 1. The number of imidazole rings is 1. The van der Waals surface area contributed by atoms with Gasteiger partial charge in [0.2, 0.25) is 0 Å². The van der Waals surface area contributed by atoms with Gasteiger partial charge in [0.1, 0.15) is 5.82 Å². The van der Waals surface area contributed by atoms with Gasteiger partial charge in [-0.3, -0.25) is 0 Å². The van der Waals surface area contributed by atoms with Gasteiger partial charge in [-0.25, -0.2) is 4.98 Å². The maximum absolute atomic E-state index is 5.91. The average molecular weight is 289 g/mol. The SMILES string of the molecule is Cc1[nH]c(Cc2ccsc2)nc1-c1ccc(Cl)cc1. The Morgan fingerprint density at radius 1 is 1.21 bits per heavy atom. The number of aromatic nitrogens is 2. The molecule has 19 heavy (non-hydrogen) atoms. The van der Waals surface area contributed by atoms with Crippen LogP contribution >= 0.6 is 22.9 Å². The van der Waals surface area contributed by atoms with Crippen LogP contribution in [0.1, 0.15) is 17.1 Å². The molecule has 0 saturated carbocycles. The second kappa shape index (κ2) is 5.19. The third kappa shape index (κ3) is 2.72. The topological polar surface area (TPSA) is 28.7 Å². The Morgan fingerprint density at radius 3 is 2.68 bits per heavy atom. The van der Waals surface area contributed by atoms with Gasteiger partial charge in [-0.15, -0.1) is 0 Å². The Labute approximate surface area is 121 Å². The lowest BCUT2D eigenvalue weighted by Crippen LogP contribution is -1.88. The van der Waals surface area contributed by atoms with Gasteiger partial charge in [0, 0.05) is 22.7 Å². The van der Waals surface area contributed by atoms with E-state index in [1.165, 1.54) is 5.56 Å². The first-order valence-electron chi connectivity index (χ1n) is 6.05. The summed E-state index contributed by atoms with van der Waals surface area (Å²) in [6.07, 6.45) is 0.845. The Bertz CT molecular complexity index is 669. The molecule has 0 unspecified atom stereocenters. The van der Waals surface area contributed by atoms with Gasteiger partial charge in [-0.2, -0.15) is 11.3 Å². The lowest BCUT2D eigenvalue weighted by Gasteiger charge is -1.98. The highest BCUT2D eigenvalue weighted by molar-refractivity contribution is 7.07. The van der Waals surface area contributed by atoms with E-state index in [-0.39, 0.29) is 0 Å². The molecule has 0 atom stereocenters. The zero-order valence-corrected chi connectivity index (χ0v) is 12.1. The van der Waals surface area contributed by atoms with Gasteiger partial charge >= 0.3 is 0 Å². The molecule has 0 aliphatic carbocycles. The van der Waals surface area contributed by atoms with Gasteiger partial charge in [-0.1, -0.05) is 23.7 Å². The van der Waals surface area contributed by atoms with Crippen LogP contribution in [0.4, 0.5) is 0 Å². The molecule has 0 spiro atoms. The molecule has 96 valence electrons. The summed E-state index contributed by atoms with van der Waals surface area (Å²) in [6, 6.07) is 9.91. The number of aromatic amines is 1. The van der Waals surface area contributed by atoms with Gasteiger partial charge in [0.05, 0.1) is 5.69 Å². The number of thiophene rings is 1. The molecule has 2 aromatic heterocycles. The van der Waals surface area contributed by atoms with E-state index in [2.05, 4.69) is 21.8 Å². The van der Waals surface area contributed by atoms with Gasteiger partial charge in [0.15, 0.2) is 0 Å². The zero-order valence-electron chi connectivity index (χ0n) is 10.5. The zero-order chi connectivity index (χ0) is 13.2. The molecule has 2 nitrogen and oxygen atoms in total. The predicted octanol–water partition coefficient (Wildman–Crippen LogP) is 4.69. The largest absolute Gasteiger partial charge is 0.345 e. The van der Waals surface area contributed by atoms with E-state index in [4.69, 9.17) is 16.6 Å². The standard InChI is InChI=1S/C15H13ClN2S/c1-10-15(12-2-4-13(16)5-3-12)18-14(17-10)8-11-6-7-19-9-11/h2-7,9H,8H2,1H3,(H,17,18). The molecule has 3 aromatic rings. The highest BCUT2D eigenvalue weighted by atomic mass is 35.5. The molecule has 3 rings (SSSR count). The number of rotatable bonds is 3. The number of benzene rings is 1. The van der Waals surface area contributed by atoms with Crippen molar-refractivity contribution in [1.82, 2.24) is 9.97 Å². The predicted molar refractivity (Wildman–Crippen MR) is 80.9 cm³/mol. The first-order valence-corrected chi connectivity index (χ1v) is 7.37. The molecule has 1 aromatic carbocycles. The number of hydrogen-bond acceptors (Lipinski definition) is 2. The van der Waals surface area contributed by atoms with E-state index >= 15 is 0 Å². The summed E-state index contributed by atoms with van der Waals surface area (Å²) in [5, 5.41) is 4.99. The van der Waals surface area contributed by atoms with Gasteiger partial charge < -0.3 is 4.98 Å². The maximum atomic E-state index is 5.91. The van der Waals surface area contributed by atoms with E-state index in [0.29, 0.717) is 0 Å². The molecule has 0 amide bonds. The van der Waals surface area contributed by atoms with Crippen LogP contribution < -0.4 is 0 Å². The smallest absolute Gasteiger partial charge is 0.111 e. The number of halogens is 1. The molecule has 4 heteroatoms. The van der Waals surface area contributed by atoms with E-state index < -0.39 is 0 Å². The normalized spacial score (nSPS) is 10.8. The summed E-state index contributed by atoms with van der Waals surface area (Å²) in [5.41, 5.74) is 4.48. The molecular formula is C15H13ClN2S. The van der Waals surface area contributed by atoms with Crippen molar-refractivity contribution in [2.45, 2.75) is 13.3 Å². The first-order chi connectivity index (χ1) is 9.22. The van der Waals surface area contributed by atoms with E-state index in [0.717, 1.165) is 34.2 Å². The quantitative estimate of drug-likeness (QED) is 0.744. The van der Waals surface area contributed by atoms with Crippen LogP contribution in [0.3, 0.4) is 0 Å². The number of aryl methyl sites for hydroxylation is 1. The van der Waals surface area contributed by atoms with E-state index in [1.807, 2.05) is 31.2 Å². The summed E-state index contributed by atoms with van der Waals surface area (Å²) < 4.78 is 0. The maximum Gasteiger partial charge on any atom is 0.111 e. The van der Waals surface area contributed by atoms with Crippen LogP contribution in [-0.4, -0.2) is 9.97 Å². The molecule has 0 aliphatic rings. The number of hydrogen-bond donors (Lipinski definition) is 1. The number of nitrogens with one attached hydrogen (secondary N) is 1. The van der Waals surface area contributed by atoms with E-state index in [1.54, 1.807) is 11.3 Å². The van der Waals surface area contributed by atoms with Crippen molar-refractivity contribution in [1.29, 1.82) is 0 Å².